The molecule has 0 saturated heterocycles. The number of hydrogen-bond acceptors (Lipinski definition) is 2. The Morgan fingerprint density at radius 1 is 1.29 bits per heavy atom. The maximum Gasteiger partial charge on any atom is 0.239 e. The molecule has 0 bridgehead atoms. The summed E-state index contributed by atoms with van der Waals surface area (Å²) in [6.45, 7) is 0. The Balaban J connectivity index is 2.40. The summed E-state index contributed by atoms with van der Waals surface area (Å²) in [5, 5.41) is 0. The molecule has 0 aromatic heterocycles. The SMILES string of the molecule is O=Cc1ccc(SCCC(F)F)cc1. The van der Waals surface area contributed by atoms with Crippen LogP contribution >= 0.6 is 11.8 Å². The number of alkyl halides is 2. The molecule has 0 aliphatic heterocycles. The number of benzene rings is 1. The van der Waals surface area contributed by atoms with Crippen LogP contribution in [0.3, 0.4) is 0 Å². The van der Waals surface area contributed by atoms with E-state index in [-0.39, 0.29) is 6.42 Å². The summed E-state index contributed by atoms with van der Waals surface area (Å²) in [6, 6.07) is 6.88. The molecule has 0 radical (unpaired) electrons. The van der Waals surface area contributed by atoms with Gasteiger partial charge in [0.15, 0.2) is 0 Å². The Labute approximate surface area is 85.5 Å². The van der Waals surface area contributed by atoms with Gasteiger partial charge in [-0.25, -0.2) is 8.78 Å². The van der Waals surface area contributed by atoms with Gasteiger partial charge in [-0.2, -0.15) is 0 Å². The molecule has 0 spiro atoms. The van der Waals surface area contributed by atoms with Gasteiger partial charge in [-0.05, 0) is 12.1 Å². The van der Waals surface area contributed by atoms with Gasteiger partial charge in [0.05, 0.1) is 0 Å². The van der Waals surface area contributed by atoms with Crippen LogP contribution in [-0.4, -0.2) is 18.5 Å². The molecule has 0 saturated carbocycles. The molecule has 0 aliphatic carbocycles. The molecule has 0 fully saturated rings. The third-order valence-corrected chi connectivity index (χ3v) is 2.67. The van der Waals surface area contributed by atoms with Gasteiger partial charge < -0.3 is 0 Å². The van der Waals surface area contributed by atoms with Gasteiger partial charge in [0.1, 0.15) is 6.29 Å². The summed E-state index contributed by atoms with van der Waals surface area (Å²) in [4.78, 5) is 11.2. The highest BCUT2D eigenvalue weighted by molar-refractivity contribution is 7.99. The van der Waals surface area contributed by atoms with E-state index in [0.717, 1.165) is 11.2 Å². The van der Waals surface area contributed by atoms with E-state index < -0.39 is 6.43 Å². The predicted octanol–water partition coefficient (Wildman–Crippen LogP) is 3.25. The third kappa shape index (κ3) is 3.87. The fourth-order valence-electron chi connectivity index (χ4n) is 0.908. The van der Waals surface area contributed by atoms with Crippen LogP contribution in [0.2, 0.25) is 0 Å². The first-order valence-electron chi connectivity index (χ1n) is 4.18. The van der Waals surface area contributed by atoms with Crippen LogP contribution in [0, 0.1) is 0 Å². The smallest absolute Gasteiger partial charge is 0.239 e. The Morgan fingerprint density at radius 3 is 2.43 bits per heavy atom. The van der Waals surface area contributed by atoms with Gasteiger partial charge in [-0.3, -0.25) is 4.79 Å². The molecule has 0 atom stereocenters. The number of rotatable bonds is 5. The van der Waals surface area contributed by atoms with Gasteiger partial charge in [0, 0.05) is 22.6 Å². The van der Waals surface area contributed by atoms with E-state index in [1.807, 2.05) is 0 Å². The molecule has 1 nitrogen and oxygen atoms in total. The van der Waals surface area contributed by atoms with Crippen LogP contribution in [0.5, 0.6) is 0 Å². The van der Waals surface area contributed by atoms with Crippen LogP contribution in [0.4, 0.5) is 8.78 Å². The van der Waals surface area contributed by atoms with Crippen LogP contribution in [0.15, 0.2) is 29.2 Å². The topological polar surface area (TPSA) is 17.1 Å². The number of hydrogen-bond donors (Lipinski definition) is 0. The number of aldehydes is 1. The van der Waals surface area contributed by atoms with Crippen molar-refractivity contribution in [3.8, 4) is 0 Å². The minimum absolute atomic E-state index is 0.0971. The summed E-state index contributed by atoms with van der Waals surface area (Å²) < 4.78 is 23.6. The van der Waals surface area contributed by atoms with E-state index in [9.17, 15) is 13.6 Å². The average Bonchev–Trinajstić information content (AvgIpc) is 2.18. The van der Waals surface area contributed by atoms with Gasteiger partial charge >= 0.3 is 0 Å². The molecule has 0 unspecified atom stereocenters. The van der Waals surface area contributed by atoms with Crippen LogP contribution in [0.1, 0.15) is 16.8 Å². The second-order valence-corrected chi connectivity index (χ2v) is 3.88. The Hall–Kier alpha value is -0.900. The molecule has 14 heavy (non-hydrogen) atoms. The molecule has 76 valence electrons. The van der Waals surface area contributed by atoms with E-state index in [2.05, 4.69) is 0 Å². The highest BCUT2D eigenvalue weighted by atomic mass is 32.2. The molecule has 0 amide bonds. The highest BCUT2D eigenvalue weighted by Crippen LogP contribution is 2.20. The van der Waals surface area contributed by atoms with Gasteiger partial charge in [0.25, 0.3) is 0 Å². The normalized spacial score (nSPS) is 10.5. The van der Waals surface area contributed by atoms with Gasteiger partial charge in [0.2, 0.25) is 6.43 Å². The average molecular weight is 216 g/mol. The van der Waals surface area contributed by atoms with E-state index in [1.54, 1.807) is 24.3 Å². The summed E-state index contributed by atoms with van der Waals surface area (Å²) in [5.74, 6) is 0.401. The lowest BCUT2D eigenvalue weighted by atomic mass is 10.2. The summed E-state index contributed by atoms with van der Waals surface area (Å²) >= 11 is 1.37. The van der Waals surface area contributed by atoms with Gasteiger partial charge in [-0.1, -0.05) is 12.1 Å². The van der Waals surface area contributed by atoms with E-state index in [4.69, 9.17) is 0 Å². The minimum Gasteiger partial charge on any atom is -0.298 e. The van der Waals surface area contributed by atoms with Crippen molar-refractivity contribution in [2.45, 2.75) is 17.7 Å². The predicted molar refractivity (Wildman–Crippen MR) is 53.2 cm³/mol. The fourth-order valence-corrected chi connectivity index (χ4v) is 1.77. The molecule has 1 rings (SSSR count). The Bertz CT molecular complexity index is 285. The zero-order chi connectivity index (χ0) is 10.4. The first-order chi connectivity index (χ1) is 6.72. The van der Waals surface area contributed by atoms with E-state index in [0.29, 0.717) is 11.3 Å². The lowest BCUT2D eigenvalue weighted by molar-refractivity contribution is 0.112. The maximum absolute atomic E-state index is 11.8. The van der Waals surface area contributed by atoms with Crippen molar-refractivity contribution < 1.29 is 13.6 Å². The van der Waals surface area contributed by atoms with Crippen molar-refractivity contribution in [3.63, 3.8) is 0 Å². The monoisotopic (exact) mass is 216 g/mol. The third-order valence-electron chi connectivity index (χ3n) is 1.62. The van der Waals surface area contributed by atoms with Crippen molar-refractivity contribution in [1.82, 2.24) is 0 Å². The van der Waals surface area contributed by atoms with E-state index in [1.165, 1.54) is 11.8 Å². The van der Waals surface area contributed by atoms with Crippen molar-refractivity contribution in [2.24, 2.45) is 0 Å². The molecule has 4 heteroatoms. The zero-order valence-electron chi connectivity index (χ0n) is 7.45. The van der Waals surface area contributed by atoms with Crippen molar-refractivity contribution in [1.29, 1.82) is 0 Å². The fraction of sp³-hybridized carbons (Fsp3) is 0.300. The highest BCUT2D eigenvalue weighted by Gasteiger charge is 2.02. The number of halogens is 2. The molecule has 1 aromatic rings. The van der Waals surface area contributed by atoms with Crippen LogP contribution in [0.25, 0.3) is 0 Å². The lowest BCUT2D eigenvalue weighted by Gasteiger charge is -2.00. The summed E-state index contributed by atoms with van der Waals surface area (Å²) in [7, 11) is 0. The molecule has 1 aromatic carbocycles. The lowest BCUT2D eigenvalue weighted by Crippen LogP contribution is -1.91. The summed E-state index contributed by atoms with van der Waals surface area (Å²) in [5.41, 5.74) is 0.600. The minimum atomic E-state index is -2.24. The van der Waals surface area contributed by atoms with Gasteiger partial charge in [-0.15, -0.1) is 11.8 Å². The maximum atomic E-state index is 11.8. The quantitative estimate of drug-likeness (QED) is 0.555. The first-order valence-corrected chi connectivity index (χ1v) is 5.17. The standard InChI is InChI=1S/C10H10F2OS/c11-10(12)5-6-14-9-3-1-8(7-13)2-4-9/h1-4,7,10H,5-6H2. The zero-order valence-corrected chi connectivity index (χ0v) is 8.27. The summed E-state index contributed by atoms with van der Waals surface area (Å²) in [6.07, 6.45) is -1.58. The second-order valence-electron chi connectivity index (χ2n) is 2.72. The molecule has 0 aliphatic rings. The number of carbonyl (C=O) groups excluding carboxylic acids is 1. The number of carbonyl (C=O) groups is 1. The van der Waals surface area contributed by atoms with Crippen LogP contribution in [-0.2, 0) is 0 Å². The largest absolute Gasteiger partial charge is 0.298 e. The molecular formula is C10H10F2OS. The van der Waals surface area contributed by atoms with E-state index >= 15 is 0 Å². The molecular weight excluding hydrogens is 206 g/mol. The Morgan fingerprint density at radius 2 is 1.93 bits per heavy atom. The first kappa shape index (κ1) is 11.2. The number of thioether (sulfide) groups is 1. The second kappa shape index (κ2) is 5.75. The van der Waals surface area contributed by atoms with Crippen LogP contribution < -0.4 is 0 Å². The van der Waals surface area contributed by atoms with Crippen molar-refractivity contribution in [3.05, 3.63) is 29.8 Å². The molecule has 0 N–H and O–H groups in total. The Kier molecular flexibility index (Phi) is 4.59. The molecule has 0 heterocycles. The van der Waals surface area contributed by atoms with Crippen molar-refractivity contribution >= 4 is 18.0 Å². The van der Waals surface area contributed by atoms with Crippen molar-refractivity contribution in [2.75, 3.05) is 5.75 Å².